The summed E-state index contributed by atoms with van der Waals surface area (Å²) in [5.74, 6) is -0.345. The summed E-state index contributed by atoms with van der Waals surface area (Å²) in [6.45, 7) is 1.01. The molecule has 1 fully saturated rings. The third-order valence-electron chi connectivity index (χ3n) is 4.66. The van der Waals surface area contributed by atoms with Crippen LogP contribution in [-0.2, 0) is 11.2 Å². The Kier molecular flexibility index (Phi) is 5.49. The van der Waals surface area contributed by atoms with Gasteiger partial charge in [-0.2, -0.15) is 0 Å². The first-order chi connectivity index (χ1) is 13.4. The van der Waals surface area contributed by atoms with E-state index in [1.54, 1.807) is 46.2 Å². The molecule has 0 saturated carbocycles. The molecule has 8 nitrogen and oxygen atoms in total. The van der Waals surface area contributed by atoms with E-state index in [2.05, 4.69) is 0 Å². The number of carboxylic acids is 1. The van der Waals surface area contributed by atoms with Crippen LogP contribution >= 0.6 is 0 Å². The topological polar surface area (TPSA) is 120 Å². The Balaban J connectivity index is 1.80. The highest BCUT2D eigenvalue weighted by molar-refractivity contribution is 6.07. The average Bonchev–Trinajstić information content (AvgIpc) is 3.07. The summed E-state index contributed by atoms with van der Waals surface area (Å²) in [5, 5.41) is 16.3. The number of ether oxygens (including phenoxy) is 1. The highest BCUT2D eigenvalue weighted by atomic mass is 16.5. The van der Waals surface area contributed by atoms with Crippen molar-refractivity contribution in [2.45, 2.75) is 12.8 Å². The molecule has 0 aromatic heterocycles. The van der Waals surface area contributed by atoms with Gasteiger partial charge in [-0.05, 0) is 48.4 Å². The summed E-state index contributed by atoms with van der Waals surface area (Å²) in [4.78, 5) is 27.0. The number of aliphatic carboxylic acids is 1. The minimum atomic E-state index is -0.857. The van der Waals surface area contributed by atoms with Gasteiger partial charge in [0.15, 0.2) is 0 Å². The number of amidine groups is 1. The van der Waals surface area contributed by atoms with Gasteiger partial charge in [0.05, 0.1) is 12.8 Å². The largest absolute Gasteiger partial charge is 0.495 e. The van der Waals surface area contributed by atoms with E-state index in [0.717, 1.165) is 11.3 Å². The molecule has 0 radical (unpaired) electrons. The molecule has 146 valence electrons. The molecule has 8 heteroatoms. The second kappa shape index (κ2) is 7.99. The zero-order chi connectivity index (χ0) is 20.3. The standard InChI is InChI=1S/C20H22N4O4/c1-28-17-12-13(3-9-18(25)26)2-8-16(17)24-11-10-23(20(24)27)15-6-4-14(5-7-15)19(21)22/h2,4-8,12H,3,9-11H2,1H3,(H3,21,22)(H,25,26). The van der Waals surface area contributed by atoms with Crippen LogP contribution in [0.4, 0.5) is 16.2 Å². The van der Waals surface area contributed by atoms with Gasteiger partial charge in [0.25, 0.3) is 0 Å². The lowest BCUT2D eigenvalue weighted by Crippen LogP contribution is -2.32. The Hall–Kier alpha value is -3.55. The number of carbonyl (C=O) groups is 2. The maximum absolute atomic E-state index is 12.9. The molecular formula is C20H22N4O4. The van der Waals surface area contributed by atoms with Gasteiger partial charge >= 0.3 is 12.0 Å². The molecule has 2 amide bonds. The number of nitrogens with zero attached hydrogens (tertiary/aromatic N) is 2. The van der Waals surface area contributed by atoms with Crippen LogP contribution < -0.4 is 20.3 Å². The molecule has 2 aromatic rings. The predicted octanol–water partition coefficient (Wildman–Crippen LogP) is 2.44. The second-order valence-electron chi connectivity index (χ2n) is 6.45. The number of amides is 2. The number of urea groups is 1. The van der Waals surface area contributed by atoms with Gasteiger partial charge in [-0.3, -0.25) is 20.0 Å². The maximum Gasteiger partial charge on any atom is 0.329 e. The molecule has 0 aliphatic carbocycles. The summed E-state index contributed by atoms with van der Waals surface area (Å²) < 4.78 is 5.44. The van der Waals surface area contributed by atoms with E-state index in [0.29, 0.717) is 36.5 Å². The van der Waals surface area contributed by atoms with E-state index in [1.807, 2.05) is 6.07 Å². The summed E-state index contributed by atoms with van der Waals surface area (Å²) in [6.07, 6.45) is 0.434. The molecule has 1 heterocycles. The van der Waals surface area contributed by atoms with E-state index >= 15 is 0 Å². The van der Waals surface area contributed by atoms with Gasteiger partial charge in [0, 0.05) is 30.8 Å². The third kappa shape index (κ3) is 3.90. The zero-order valence-electron chi connectivity index (χ0n) is 15.5. The SMILES string of the molecule is COc1cc(CCC(=O)O)ccc1N1CCN(c2ccc(C(=N)N)cc2)C1=O. The number of hydrogen-bond donors (Lipinski definition) is 3. The molecule has 28 heavy (non-hydrogen) atoms. The van der Waals surface area contributed by atoms with Gasteiger partial charge in [0.1, 0.15) is 11.6 Å². The molecule has 1 saturated heterocycles. The summed E-state index contributed by atoms with van der Waals surface area (Å²) in [6, 6.07) is 12.2. The zero-order valence-corrected chi connectivity index (χ0v) is 15.5. The molecule has 0 atom stereocenters. The normalized spacial score (nSPS) is 13.7. The van der Waals surface area contributed by atoms with Crippen molar-refractivity contribution < 1.29 is 19.4 Å². The number of aryl methyl sites for hydroxylation is 1. The van der Waals surface area contributed by atoms with E-state index in [-0.39, 0.29) is 18.3 Å². The molecule has 2 aromatic carbocycles. The lowest BCUT2D eigenvalue weighted by molar-refractivity contribution is -0.136. The molecule has 1 aliphatic rings. The highest BCUT2D eigenvalue weighted by Crippen LogP contribution is 2.33. The lowest BCUT2D eigenvalue weighted by atomic mass is 10.1. The van der Waals surface area contributed by atoms with Crippen LogP contribution in [0.5, 0.6) is 5.75 Å². The fourth-order valence-corrected chi connectivity index (χ4v) is 3.17. The van der Waals surface area contributed by atoms with Crippen LogP contribution in [0.15, 0.2) is 42.5 Å². The smallest absolute Gasteiger partial charge is 0.329 e. The molecule has 3 rings (SSSR count). The third-order valence-corrected chi connectivity index (χ3v) is 4.66. The summed E-state index contributed by atoms with van der Waals surface area (Å²) in [7, 11) is 1.53. The van der Waals surface area contributed by atoms with Crippen molar-refractivity contribution in [3.63, 3.8) is 0 Å². The van der Waals surface area contributed by atoms with Crippen LogP contribution in [0.3, 0.4) is 0 Å². The molecule has 4 N–H and O–H groups in total. The molecule has 0 bridgehead atoms. The molecule has 1 aliphatic heterocycles. The Bertz CT molecular complexity index is 911. The first-order valence-corrected chi connectivity index (χ1v) is 8.83. The first kappa shape index (κ1) is 19.2. The minimum absolute atomic E-state index is 0.0198. The summed E-state index contributed by atoms with van der Waals surface area (Å²) in [5.41, 5.74) is 8.29. The highest BCUT2D eigenvalue weighted by Gasteiger charge is 2.32. The average molecular weight is 382 g/mol. The number of carbonyl (C=O) groups excluding carboxylic acids is 1. The number of rotatable bonds is 7. The number of hydrogen-bond acceptors (Lipinski definition) is 4. The number of carboxylic acid groups (broad SMARTS) is 1. The quantitative estimate of drug-likeness (QED) is 0.502. The number of anilines is 2. The summed E-state index contributed by atoms with van der Waals surface area (Å²) >= 11 is 0. The van der Waals surface area contributed by atoms with E-state index in [4.69, 9.17) is 21.0 Å². The van der Waals surface area contributed by atoms with Crippen molar-refractivity contribution >= 4 is 29.2 Å². The van der Waals surface area contributed by atoms with Crippen LogP contribution in [0.2, 0.25) is 0 Å². The lowest BCUT2D eigenvalue weighted by Gasteiger charge is -2.21. The van der Waals surface area contributed by atoms with Crippen molar-refractivity contribution in [3.8, 4) is 5.75 Å². The van der Waals surface area contributed by atoms with Crippen LogP contribution in [0.25, 0.3) is 0 Å². The number of nitrogen functional groups attached to an aromatic ring is 1. The van der Waals surface area contributed by atoms with Crippen molar-refractivity contribution in [2.75, 3.05) is 30.0 Å². The fraction of sp³-hybridized carbons (Fsp3) is 0.250. The first-order valence-electron chi connectivity index (χ1n) is 8.83. The van der Waals surface area contributed by atoms with Gasteiger partial charge < -0.3 is 15.6 Å². The van der Waals surface area contributed by atoms with Crippen LogP contribution in [0, 0.1) is 5.41 Å². The Labute approximate surface area is 162 Å². The van der Waals surface area contributed by atoms with Crippen molar-refractivity contribution in [1.29, 1.82) is 5.41 Å². The van der Waals surface area contributed by atoms with Gasteiger partial charge in [0.2, 0.25) is 0 Å². The van der Waals surface area contributed by atoms with E-state index in [1.165, 1.54) is 7.11 Å². The Morgan fingerprint density at radius 2 is 1.86 bits per heavy atom. The monoisotopic (exact) mass is 382 g/mol. The van der Waals surface area contributed by atoms with Crippen LogP contribution in [0.1, 0.15) is 17.5 Å². The minimum Gasteiger partial charge on any atom is -0.495 e. The van der Waals surface area contributed by atoms with Crippen molar-refractivity contribution in [1.82, 2.24) is 0 Å². The van der Waals surface area contributed by atoms with Crippen LogP contribution in [-0.4, -0.2) is 43.1 Å². The maximum atomic E-state index is 12.9. The Morgan fingerprint density at radius 3 is 2.46 bits per heavy atom. The molecule has 0 unspecified atom stereocenters. The number of benzene rings is 2. The number of nitrogens with two attached hydrogens (primary N) is 1. The van der Waals surface area contributed by atoms with Crippen molar-refractivity contribution in [3.05, 3.63) is 53.6 Å². The van der Waals surface area contributed by atoms with E-state index in [9.17, 15) is 9.59 Å². The van der Waals surface area contributed by atoms with Gasteiger partial charge in [-0.25, -0.2) is 4.79 Å². The fourth-order valence-electron chi connectivity index (χ4n) is 3.17. The number of nitrogens with one attached hydrogen (secondary N) is 1. The predicted molar refractivity (Wildman–Crippen MR) is 106 cm³/mol. The van der Waals surface area contributed by atoms with E-state index < -0.39 is 5.97 Å². The Morgan fingerprint density at radius 1 is 1.18 bits per heavy atom. The molecule has 0 spiro atoms. The van der Waals surface area contributed by atoms with Gasteiger partial charge in [-0.15, -0.1) is 0 Å². The molecular weight excluding hydrogens is 360 g/mol. The number of methoxy groups -OCH3 is 1. The van der Waals surface area contributed by atoms with Gasteiger partial charge in [-0.1, -0.05) is 6.07 Å². The van der Waals surface area contributed by atoms with Crippen molar-refractivity contribution in [2.24, 2.45) is 5.73 Å². The second-order valence-corrected chi connectivity index (χ2v) is 6.45.